The third-order valence-electron chi connectivity index (χ3n) is 4.72. The SMILES string of the molecule is CC(=O)N1C=Cc2ccccc2C1CC(=O)Nc1cnc2ccccc2c1. The highest BCUT2D eigenvalue weighted by atomic mass is 16.2. The molecule has 1 aromatic heterocycles. The van der Waals surface area contributed by atoms with Crippen LogP contribution >= 0.6 is 0 Å². The van der Waals surface area contributed by atoms with Crippen molar-refractivity contribution in [1.29, 1.82) is 0 Å². The van der Waals surface area contributed by atoms with Gasteiger partial charge < -0.3 is 10.2 Å². The van der Waals surface area contributed by atoms with Crippen LogP contribution in [0, 0.1) is 0 Å². The first-order chi connectivity index (χ1) is 13.1. The Morgan fingerprint density at radius 2 is 1.89 bits per heavy atom. The van der Waals surface area contributed by atoms with E-state index in [0.29, 0.717) is 5.69 Å². The van der Waals surface area contributed by atoms with Gasteiger partial charge >= 0.3 is 0 Å². The molecule has 5 heteroatoms. The number of pyridine rings is 1. The van der Waals surface area contributed by atoms with E-state index in [0.717, 1.165) is 22.0 Å². The van der Waals surface area contributed by atoms with Crippen LogP contribution in [0.5, 0.6) is 0 Å². The molecule has 0 bridgehead atoms. The summed E-state index contributed by atoms with van der Waals surface area (Å²) in [6.45, 7) is 1.51. The van der Waals surface area contributed by atoms with Gasteiger partial charge in [0.15, 0.2) is 0 Å². The van der Waals surface area contributed by atoms with Crippen LogP contribution in [-0.4, -0.2) is 21.7 Å². The van der Waals surface area contributed by atoms with Crippen molar-refractivity contribution in [1.82, 2.24) is 9.88 Å². The van der Waals surface area contributed by atoms with Gasteiger partial charge in [-0.25, -0.2) is 0 Å². The minimum absolute atomic E-state index is 0.0917. The van der Waals surface area contributed by atoms with Crippen LogP contribution < -0.4 is 5.32 Å². The van der Waals surface area contributed by atoms with Crippen molar-refractivity contribution in [3.05, 3.63) is 78.1 Å². The smallest absolute Gasteiger partial charge is 0.226 e. The number of rotatable bonds is 3. The Hall–Kier alpha value is -3.47. The van der Waals surface area contributed by atoms with E-state index >= 15 is 0 Å². The normalized spacial score (nSPS) is 15.4. The molecule has 134 valence electrons. The summed E-state index contributed by atoms with van der Waals surface area (Å²) in [5.74, 6) is -0.251. The molecule has 0 aliphatic carbocycles. The summed E-state index contributed by atoms with van der Waals surface area (Å²) in [4.78, 5) is 30.7. The maximum atomic E-state index is 12.7. The van der Waals surface area contributed by atoms with Gasteiger partial charge in [-0.15, -0.1) is 0 Å². The average molecular weight is 357 g/mol. The number of anilines is 1. The fraction of sp³-hybridized carbons (Fsp3) is 0.136. The van der Waals surface area contributed by atoms with E-state index in [-0.39, 0.29) is 24.3 Å². The number of benzene rings is 2. The minimum Gasteiger partial charge on any atom is -0.325 e. The fourth-order valence-electron chi connectivity index (χ4n) is 3.44. The highest BCUT2D eigenvalue weighted by molar-refractivity contribution is 5.94. The lowest BCUT2D eigenvalue weighted by atomic mass is 9.93. The number of carbonyl (C=O) groups is 2. The van der Waals surface area contributed by atoms with Gasteiger partial charge in [0.25, 0.3) is 0 Å². The number of hydrogen-bond donors (Lipinski definition) is 1. The first kappa shape index (κ1) is 17.0. The zero-order valence-electron chi connectivity index (χ0n) is 14.9. The largest absolute Gasteiger partial charge is 0.325 e. The van der Waals surface area contributed by atoms with E-state index in [4.69, 9.17) is 0 Å². The standard InChI is InChI=1S/C22H19N3O2/c1-15(26)25-11-10-16-6-2-4-8-19(16)21(25)13-22(27)24-18-12-17-7-3-5-9-20(17)23-14-18/h2-12,14,21H,13H2,1H3,(H,24,27). The van der Waals surface area contributed by atoms with E-state index in [1.54, 1.807) is 17.3 Å². The van der Waals surface area contributed by atoms with Crippen molar-refractivity contribution in [2.45, 2.75) is 19.4 Å². The number of para-hydroxylation sites is 1. The molecule has 5 nitrogen and oxygen atoms in total. The summed E-state index contributed by atoms with van der Waals surface area (Å²) in [5, 5.41) is 3.87. The van der Waals surface area contributed by atoms with Gasteiger partial charge in [-0.1, -0.05) is 42.5 Å². The van der Waals surface area contributed by atoms with E-state index in [9.17, 15) is 9.59 Å². The Kier molecular flexibility index (Phi) is 4.42. The second-order valence-electron chi connectivity index (χ2n) is 6.56. The molecule has 1 aliphatic rings. The van der Waals surface area contributed by atoms with Gasteiger partial charge in [0.1, 0.15) is 0 Å². The molecule has 1 aliphatic heterocycles. The molecule has 0 spiro atoms. The molecule has 0 fully saturated rings. The lowest BCUT2D eigenvalue weighted by Crippen LogP contribution is -2.33. The Bertz CT molecular complexity index is 1060. The van der Waals surface area contributed by atoms with E-state index in [1.807, 2.05) is 60.7 Å². The van der Waals surface area contributed by atoms with Crippen molar-refractivity contribution < 1.29 is 9.59 Å². The van der Waals surface area contributed by atoms with Gasteiger partial charge in [0.2, 0.25) is 11.8 Å². The van der Waals surface area contributed by atoms with E-state index in [1.165, 1.54) is 6.92 Å². The zero-order valence-corrected chi connectivity index (χ0v) is 14.9. The predicted molar refractivity (Wildman–Crippen MR) is 106 cm³/mol. The Labute approximate surface area is 157 Å². The zero-order chi connectivity index (χ0) is 18.8. The predicted octanol–water partition coefficient (Wildman–Crippen LogP) is 4.14. The average Bonchev–Trinajstić information content (AvgIpc) is 2.68. The van der Waals surface area contributed by atoms with Gasteiger partial charge in [-0.3, -0.25) is 14.6 Å². The summed E-state index contributed by atoms with van der Waals surface area (Å²) >= 11 is 0. The third kappa shape index (κ3) is 3.44. The van der Waals surface area contributed by atoms with Crippen LogP contribution in [0.25, 0.3) is 17.0 Å². The minimum atomic E-state index is -0.322. The molecule has 0 saturated heterocycles. The molecular weight excluding hydrogens is 338 g/mol. The molecule has 1 atom stereocenters. The molecule has 27 heavy (non-hydrogen) atoms. The number of hydrogen-bond acceptors (Lipinski definition) is 3. The number of fused-ring (bicyclic) bond motifs is 2. The summed E-state index contributed by atoms with van der Waals surface area (Å²) in [7, 11) is 0. The topological polar surface area (TPSA) is 62.3 Å². The van der Waals surface area contributed by atoms with E-state index in [2.05, 4.69) is 10.3 Å². The summed E-state index contributed by atoms with van der Waals surface area (Å²) < 4.78 is 0. The third-order valence-corrected chi connectivity index (χ3v) is 4.72. The molecule has 0 saturated carbocycles. The number of amides is 2. The number of nitrogens with one attached hydrogen (secondary N) is 1. The summed E-state index contributed by atoms with van der Waals surface area (Å²) in [6.07, 6.45) is 5.48. The van der Waals surface area contributed by atoms with Crippen molar-refractivity contribution in [3.8, 4) is 0 Å². The van der Waals surface area contributed by atoms with Crippen LogP contribution in [0.2, 0.25) is 0 Å². The van der Waals surface area contributed by atoms with Crippen molar-refractivity contribution in [3.63, 3.8) is 0 Å². The number of nitrogens with zero attached hydrogens (tertiary/aromatic N) is 2. The molecule has 2 heterocycles. The second-order valence-corrected chi connectivity index (χ2v) is 6.56. The molecule has 2 amide bonds. The highest BCUT2D eigenvalue weighted by Crippen LogP contribution is 2.33. The quantitative estimate of drug-likeness (QED) is 0.766. The molecule has 4 rings (SSSR count). The fourth-order valence-corrected chi connectivity index (χ4v) is 3.44. The van der Waals surface area contributed by atoms with Crippen LogP contribution in [0.4, 0.5) is 5.69 Å². The van der Waals surface area contributed by atoms with Crippen LogP contribution in [0.1, 0.15) is 30.5 Å². The Balaban J connectivity index is 1.56. The Morgan fingerprint density at radius 1 is 1.11 bits per heavy atom. The monoisotopic (exact) mass is 357 g/mol. The van der Waals surface area contributed by atoms with Gasteiger partial charge in [-0.2, -0.15) is 0 Å². The van der Waals surface area contributed by atoms with Gasteiger partial charge in [-0.05, 0) is 29.3 Å². The van der Waals surface area contributed by atoms with Crippen LogP contribution in [0.15, 0.2) is 67.0 Å². The van der Waals surface area contributed by atoms with Crippen molar-refractivity contribution >= 4 is 34.5 Å². The number of carbonyl (C=O) groups excluding carboxylic acids is 2. The van der Waals surface area contributed by atoms with Crippen LogP contribution in [0.3, 0.4) is 0 Å². The molecule has 0 radical (unpaired) electrons. The molecular formula is C22H19N3O2. The lowest BCUT2D eigenvalue weighted by Gasteiger charge is -2.32. The molecule has 3 aromatic rings. The van der Waals surface area contributed by atoms with Crippen LogP contribution in [-0.2, 0) is 9.59 Å². The summed E-state index contributed by atoms with van der Waals surface area (Å²) in [6, 6.07) is 17.2. The van der Waals surface area contributed by atoms with E-state index < -0.39 is 0 Å². The first-order valence-corrected chi connectivity index (χ1v) is 8.82. The van der Waals surface area contributed by atoms with Crippen molar-refractivity contribution in [2.75, 3.05) is 5.32 Å². The summed E-state index contributed by atoms with van der Waals surface area (Å²) in [5.41, 5.74) is 3.53. The van der Waals surface area contributed by atoms with Gasteiger partial charge in [0, 0.05) is 18.5 Å². The van der Waals surface area contributed by atoms with Crippen molar-refractivity contribution in [2.24, 2.45) is 0 Å². The molecule has 2 aromatic carbocycles. The number of aromatic nitrogens is 1. The molecule has 1 N–H and O–H groups in total. The highest BCUT2D eigenvalue weighted by Gasteiger charge is 2.28. The first-order valence-electron chi connectivity index (χ1n) is 8.82. The second kappa shape index (κ2) is 7.03. The van der Waals surface area contributed by atoms with Gasteiger partial charge in [0.05, 0.1) is 29.9 Å². The lowest BCUT2D eigenvalue weighted by molar-refractivity contribution is -0.129. The molecule has 1 unspecified atom stereocenters. The Morgan fingerprint density at radius 3 is 2.74 bits per heavy atom. The maximum absolute atomic E-state index is 12.7. The maximum Gasteiger partial charge on any atom is 0.226 e.